The lowest BCUT2D eigenvalue weighted by atomic mass is 10.1. The fourth-order valence-corrected chi connectivity index (χ4v) is 1.98. The van der Waals surface area contributed by atoms with E-state index in [0.717, 1.165) is 23.5 Å². The van der Waals surface area contributed by atoms with Crippen molar-refractivity contribution < 1.29 is 14.6 Å². The van der Waals surface area contributed by atoms with Crippen molar-refractivity contribution in [1.29, 1.82) is 0 Å². The van der Waals surface area contributed by atoms with Crippen LogP contribution in [0.4, 0.5) is 0 Å². The molecule has 106 valence electrons. The highest BCUT2D eigenvalue weighted by Gasteiger charge is 2.06. The molecule has 0 aliphatic carbocycles. The molecule has 0 saturated heterocycles. The molecule has 0 aliphatic rings. The average Bonchev–Trinajstić information content (AvgIpc) is 2.53. The second kappa shape index (κ2) is 7.56. The fourth-order valence-electron chi connectivity index (χ4n) is 1.98. The average molecular weight is 272 g/mol. The summed E-state index contributed by atoms with van der Waals surface area (Å²) >= 11 is 0. The number of rotatable bonds is 7. The van der Waals surface area contributed by atoms with Gasteiger partial charge in [0.2, 0.25) is 0 Å². The quantitative estimate of drug-likeness (QED) is 0.783. The molecule has 3 heteroatoms. The Morgan fingerprint density at radius 2 is 1.60 bits per heavy atom. The zero-order chi connectivity index (χ0) is 14.2. The van der Waals surface area contributed by atoms with Gasteiger partial charge in [-0.1, -0.05) is 30.3 Å². The van der Waals surface area contributed by atoms with E-state index in [4.69, 9.17) is 9.47 Å². The van der Waals surface area contributed by atoms with Crippen molar-refractivity contribution in [3.05, 3.63) is 60.2 Å². The summed E-state index contributed by atoms with van der Waals surface area (Å²) in [7, 11) is 1.64. The zero-order valence-electron chi connectivity index (χ0n) is 11.7. The summed E-state index contributed by atoms with van der Waals surface area (Å²) in [5, 5.41) is 10.0. The summed E-state index contributed by atoms with van der Waals surface area (Å²) in [6.07, 6.45) is 1.08. The summed E-state index contributed by atoms with van der Waals surface area (Å²) in [4.78, 5) is 0. The van der Waals surface area contributed by atoms with Crippen LogP contribution in [0.5, 0.6) is 11.5 Å². The van der Waals surface area contributed by atoms with Crippen molar-refractivity contribution >= 4 is 0 Å². The minimum Gasteiger partial charge on any atom is -0.497 e. The SMILES string of the molecule is COc1ccc(OCCCC(O)c2ccccc2)cc1. The van der Waals surface area contributed by atoms with Crippen LogP contribution in [0.15, 0.2) is 54.6 Å². The van der Waals surface area contributed by atoms with E-state index in [-0.39, 0.29) is 0 Å². The van der Waals surface area contributed by atoms with Gasteiger partial charge in [-0.3, -0.25) is 0 Å². The first-order valence-corrected chi connectivity index (χ1v) is 6.79. The first-order chi connectivity index (χ1) is 9.79. The van der Waals surface area contributed by atoms with Gasteiger partial charge in [0.25, 0.3) is 0 Å². The molecule has 3 nitrogen and oxygen atoms in total. The lowest BCUT2D eigenvalue weighted by molar-refractivity contribution is 0.155. The van der Waals surface area contributed by atoms with Gasteiger partial charge in [-0.2, -0.15) is 0 Å². The van der Waals surface area contributed by atoms with E-state index in [2.05, 4.69) is 0 Å². The molecule has 2 aromatic rings. The fraction of sp³-hybridized carbons (Fsp3) is 0.294. The van der Waals surface area contributed by atoms with E-state index >= 15 is 0 Å². The van der Waals surface area contributed by atoms with Gasteiger partial charge in [0.05, 0.1) is 19.8 Å². The predicted octanol–water partition coefficient (Wildman–Crippen LogP) is 3.59. The lowest BCUT2D eigenvalue weighted by Crippen LogP contribution is -2.02. The molecule has 1 unspecified atom stereocenters. The largest absolute Gasteiger partial charge is 0.497 e. The van der Waals surface area contributed by atoms with E-state index in [9.17, 15) is 5.11 Å². The van der Waals surface area contributed by atoms with Gasteiger partial charge in [-0.15, -0.1) is 0 Å². The Morgan fingerprint density at radius 1 is 0.950 bits per heavy atom. The molecule has 0 amide bonds. The van der Waals surface area contributed by atoms with Crippen molar-refractivity contribution in [2.24, 2.45) is 0 Å². The lowest BCUT2D eigenvalue weighted by Gasteiger charge is -2.11. The first-order valence-electron chi connectivity index (χ1n) is 6.79. The van der Waals surface area contributed by atoms with Gasteiger partial charge in [-0.25, -0.2) is 0 Å². The highest BCUT2D eigenvalue weighted by molar-refractivity contribution is 5.31. The smallest absolute Gasteiger partial charge is 0.119 e. The van der Waals surface area contributed by atoms with E-state index in [1.165, 1.54) is 0 Å². The molecule has 0 fully saturated rings. The third-order valence-corrected chi connectivity index (χ3v) is 3.13. The Balaban J connectivity index is 1.70. The normalized spacial score (nSPS) is 11.9. The van der Waals surface area contributed by atoms with Crippen LogP contribution in [0.1, 0.15) is 24.5 Å². The summed E-state index contributed by atoms with van der Waals surface area (Å²) < 4.78 is 10.7. The molecular weight excluding hydrogens is 252 g/mol. The minimum absolute atomic E-state index is 0.421. The molecule has 1 N–H and O–H groups in total. The highest BCUT2D eigenvalue weighted by atomic mass is 16.5. The Hall–Kier alpha value is -2.00. The number of aliphatic hydroxyl groups excluding tert-OH is 1. The zero-order valence-corrected chi connectivity index (χ0v) is 11.7. The number of hydrogen-bond acceptors (Lipinski definition) is 3. The third-order valence-electron chi connectivity index (χ3n) is 3.13. The molecule has 0 bridgehead atoms. The van der Waals surface area contributed by atoms with Gasteiger partial charge in [0, 0.05) is 0 Å². The Morgan fingerprint density at radius 3 is 2.25 bits per heavy atom. The number of methoxy groups -OCH3 is 1. The second-order valence-electron chi connectivity index (χ2n) is 4.59. The highest BCUT2D eigenvalue weighted by Crippen LogP contribution is 2.19. The minimum atomic E-state index is -0.421. The van der Waals surface area contributed by atoms with Crippen molar-refractivity contribution in [3.63, 3.8) is 0 Å². The van der Waals surface area contributed by atoms with Crippen LogP contribution in [-0.2, 0) is 0 Å². The van der Waals surface area contributed by atoms with Gasteiger partial charge < -0.3 is 14.6 Å². The standard InChI is InChI=1S/C17H20O3/c1-19-15-9-11-16(12-10-15)20-13-5-8-17(18)14-6-3-2-4-7-14/h2-4,6-7,9-12,17-18H,5,8,13H2,1H3. The molecule has 0 spiro atoms. The number of aliphatic hydroxyl groups is 1. The molecule has 0 aliphatic heterocycles. The van der Waals surface area contributed by atoms with Crippen LogP contribution in [0, 0.1) is 0 Å². The molecule has 0 radical (unpaired) electrons. The topological polar surface area (TPSA) is 38.7 Å². The second-order valence-corrected chi connectivity index (χ2v) is 4.59. The van der Waals surface area contributed by atoms with E-state index in [0.29, 0.717) is 13.0 Å². The maximum atomic E-state index is 10.0. The van der Waals surface area contributed by atoms with Crippen LogP contribution in [0.25, 0.3) is 0 Å². The Labute approximate surface area is 119 Å². The summed E-state index contributed by atoms with van der Waals surface area (Å²) in [6, 6.07) is 17.2. The van der Waals surface area contributed by atoms with Crippen molar-refractivity contribution in [1.82, 2.24) is 0 Å². The number of benzene rings is 2. The van der Waals surface area contributed by atoms with Crippen LogP contribution >= 0.6 is 0 Å². The van der Waals surface area contributed by atoms with Crippen LogP contribution in [0.3, 0.4) is 0 Å². The summed E-state index contributed by atoms with van der Waals surface area (Å²) in [6.45, 7) is 0.593. The maximum Gasteiger partial charge on any atom is 0.119 e. The van der Waals surface area contributed by atoms with E-state index < -0.39 is 6.10 Å². The van der Waals surface area contributed by atoms with Crippen molar-refractivity contribution in [2.75, 3.05) is 13.7 Å². The molecule has 2 aromatic carbocycles. The molecule has 0 heterocycles. The predicted molar refractivity (Wildman–Crippen MR) is 79.1 cm³/mol. The number of ether oxygens (including phenoxy) is 2. The van der Waals surface area contributed by atoms with Crippen molar-refractivity contribution in [2.45, 2.75) is 18.9 Å². The molecular formula is C17H20O3. The molecule has 0 aromatic heterocycles. The van der Waals surface area contributed by atoms with Gasteiger partial charge in [0.1, 0.15) is 11.5 Å². The first kappa shape index (κ1) is 14.4. The third kappa shape index (κ3) is 4.28. The van der Waals surface area contributed by atoms with Gasteiger partial charge >= 0.3 is 0 Å². The van der Waals surface area contributed by atoms with E-state index in [1.54, 1.807) is 7.11 Å². The molecule has 20 heavy (non-hydrogen) atoms. The van der Waals surface area contributed by atoms with Crippen LogP contribution in [0.2, 0.25) is 0 Å². The molecule has 0 saturated carbocycles. The van der Waals surface area contributed by atoms with Crippen LogP contribution in [-0.4, -0.2) is 18.8 Å². The number of hydrogen-bond donors (Lipinski definition) is 1. The summed E-state index contributed by atoms with van der Waals surface area (Å²) in [5.41, 5.74) is 0.956. The Bertz CT molecular complexity index is 493. The molecule has 2 rings (SSSR count). The monoisotopic (exact) mass is 272 g/mol. The van der Waals surface area contributed by atoms with Gasteiger partial charge in [0.15, 0.2) is 0 Å². The van der Waals surface area contributed by atoms with E-state index in [1.807, 2.05) is 54.6 Å². The summed E-state index contributed by atoms with van der Waals surface area (Å²) in [5.74, 6) is 1.64. The molecule has 1 atom stereocenters. The maximum absolute atomic E-state index is 10.0. The van der Waals surface area contributed by atoms with Crippen LogP contribution < -0.4 is 9.47 Å². The Kier molecular flexibility index (Phi) is 5.44. The van der Waals surface area contributed by atoms with Gasteiger partial charge in [-0.05, 0) is 42.7 Å². The van der Waals surface area contributed by atoms with Crippen molar-refractivity contribution in [3.8, 4) is 11.5 Å².